The Morgan fingerprint density at radius 1 is 0.682 bits per heavy atom. The van der Waals surface area contributed by atoms with Gasteiger partial charge in [0.05, 0.1) is 5.52 Å². The Bertz CT molecular complexity index is 837. The Morgan fingerprint density at radius 2 is 1.41 bits per heavy atom. The molecule has 0 unspecified atom stereocenters. The molecule has 0 N–H and O–H groups in total. The van der Waals surface area contributed by atoms with Crippen LogP contribution in [0.3, 0.4) is 0 Å². The van der Waals surface area contributed by atoms with Crippen LogP contribution in [0.15, 0.2) is 73.2 Å². The molecule has 0 saturated heterocycles. The molecule has 2 aromatic heterocycles. The normalized spacial score (nSPS) is 10.3. The third kappa shape index (κ3) is 2.96. The molecule has 0 bridgehead atoms. The van der Waals surface area contributed by atoms with Crippen LogP contribution in [0.2, 0.25) is 0 Å². The van der Waals surface area contributed by atoms with Gasteiger partial charge in [0, 0.05) is 34.7 Å². The van der Waals surface area contributed by atoms with Crippen molar-refractivity contribution in [2.45, 2.75) is 13.8 Å². The van der Waals surface area contributed by atoms with Gasteiger partial charge in [0.25, 0.3) is 0 Å². The van der Waals surface area contributed by atoms with Gasteiger partial charge in [-0.1, -0.05) is 42.5 Å². The minimum atomic E-state index is 1.05. The van der Waals surface area contributed by atoms with E-state index in [0.717, 1.165) is 16.3 Å². The fourth-order valence-electron chi connectivity index (χ4n) is 2.37. The van der Waals surface area contributed by atoms with E-state index >= 15 is 0 Å². The Morgan fingerprint density at radius 3 is 2.14 bits per heavy atom. The van der Waals surface area contributed by atoms with Crippen molar-refractivity contribution in [1.82, 2.24) is 9.97 Å². The van der Waals surface area contributed by atoms with Crippen LogP contribution >= 0.6 is 0 Å². The van der Waals surface area contributed by atoms with Gasteiger partial charge in [-0.15, -0.1) is 0 Å². The molecule has 0 aliphatic rings. The number of nitrogens with zero attached hydrogens (tertiary/aromatic N) is 2. The zero-order valence-electron chi connectivity index (χ0n) is 12.8. The Labute approximate surface area is 130 Å². The summed E-state index contributed by atoms with van der Waals surface area (Å²) in [7, 11) is 0. The van der Waals surface area contributed by atoms with E-state index in [1.54, 1.807) is 6.20 Å². The number of rotatable bonds is 0. The molecule has 4 aromatic rings. The van der Waals surface area contributed by atoms with Gasteiger partial charge < -0.3 is 0 Å². The fraction of sp³-hybridized carbons (Fsp3) is 0.100. The van der Waals surface area contributed by atoms with Gasteiger partial charge in [-0.2, -0.15) is 0 Å². The number of fused-ring (bicyclic) bond motifs is 3. The van der Waals surface area contributed by atoms with Crippen molar-refractivity contribution >= 4 is 21.7 Å². The third-order valence-corrected chi connectivity index (χ3v) is 3.81. The molecule has 0 aliphatic heterocycles. The van der Waals surface area contributed by atoms with Gasteiger partial charge in [0.1, 0.15) is 0 Å². The Balaban J connectivity index is 0.000000154. The number of pyridine rings is 2. The topological polar surface area (TPSA) is 25.8 Å². The van der Waals surface area contributed by atoms with E-state index < -0.39 is 0 Å². The van der Waals surface area contributed by atoms with Crippen molar-refractivity contribution in [2.24, 2.45) is 0 Å². The molecule has 2 aromatic carbocycles. The van der Waals surface area contributed by atoms with E-state index in [4.69, 9.17) is 0 Å². The van der Waals surface area contributed by atoms with Gasteiger partial charge in [-0.05, 0) is 37.1 Å². The SMILES string of the molecule is Cc1ccccc1C.c1cnc2c(c1)ccc1cnccc12. The highest BCUT2D eigenvalue weighted by Crippen LogP contribution is 2.21. The Kier molecular flexibility index (Phi) is 4.10. The van der Waals surface area contributed by atoms with Crippen molar-refractivity contribution in [3.8, 4) is 0 Å². The summed E-state index contributed by atoms with van der Waals surface area (Å²) < 4.78 is 0. The molecule has 0 radical (unpaired) electrons. The molecule has 0 amide bonds. The highest BCUT2D eigenvalue weighted by atomic mass is 14.7. The van der Waals surface area contributed by atoms with Crippen molar-refractivity contribution in [1.29, 1.82) is 0 Å². The smallest absolute Gasteiger partial charge is 0.0781 e. The molecular formula is C20H18N2. The first-order chi connectivity index (χ1) is 10.8. The van der Waals surface area contributed by atoms with E-state index in [1.807, 2.05) is 24.5 Å². The third-order valence-electron chi connectivity index (χ3n) is 3.81. The monoisotopic (exact) mass is 286 g/mol. The Hall–Kier alpha value is -2.74. The van der Waals surface area contributed by atoms with Gasteiger partial charge in [0.2, 0.25) is 0 Å². The molecule has 0 fully saturated rings. The molecule has 4 rings (SSSR count). The second-order valence-electron chi connectivity index (χ2n) is 5.32. The van der Waals surface area contributed by atoms with E-state index in [9.17, 15) is 0 Å². The largest absolute Gasteiger partial charge is 0.264 e. The summed E-state index contributed by atoms with van der Waals surface area (Å²) >= 11 is 0. The molecule has 2 heteroatoms. The average Bonchev–Trinajstić information content (AvgIpc) is 2.58. The van der Waals surface area contributed by atoms with Crippen LogP contribution in [0.5, 0.6) is 0 Å². The molecule has 22 heavy (non-hydrogen) atoms. The number of aromatic nitrogens is 2. The summed E-state index contributed by atoms with van der Waals surface area (Å²) in [4.78, 5) is 8.47. The number of hydrogen-bond acceptors (Lipinski definition) is 2. The average molecular weight is 286 g/mol. The summed E-state index contributed by atoms with van der Waals surface area (Å²) in [5, 5.41) is 3.48. The van der Waals surface area contributed by atoms with E-state index in [1.165, 1.54) is 16.5 Å². The predicted molar refractivity (Wildman–Crippen MR) is 93.0 cm³/mol. The quantitative estimate of drug-likeness (QED) is 0.421. The zero-order valence-corrected chi connectivity index (χ0v) is 12.8. The van der Waals surface area contributed by atoms with Crippen molar-refractivity contribution in [3.63, 3.8) is 0 Å². The molecule has 2 nitrogen and oxygen atoms in total. The van der Waals surface area contributed by atoms with Crippen LogP contribution in [0.4, 0.5) is 0 Å². The van der Waals surface area contributed by atoms with Crippen LogP contribution in [-0.4, -0.2) is 9.97 Å². The lowest BCUT2D eigenvalue weighted by Crippen LogP contribution is -1.81. The second-order valence-corrected chi connectivity index (χ2v) is 5.32. The first kappa shape index (κ1) is 14.2. The lowest BCUT2D eigenvalue weighted by atomic mass is 10.1. The second kappa shape index (κ2) is 6.35. The molecular weight excluding hydrogens is 268 g/mol. The van der Waals surface area contributed by atoms with Gasteiger partial charge >= 0.3 is 0 Å². The van der Waals surface area contributed by atoms with Crippen molar-refractivity contribution < 1.29 is 0 Å². The van der Waals surface area contributed by atoms with Gasteiger partial charge in [0.15, 0.2) is 0 Å². The summed E-state index contributed by atoms with van der Waals surface area (Å²) in [6.07, 6.45) is 5.49. The molecule has 0 saturated carbocycles. The minimum absolute atomic E-state index is 1.05. The van der Waals surface area contributed by atoms with E-state index in [2.05, 4.69) is 66.3 Å². The van der Waals surface area contributed by atoms with Crippen LogP contribution < -0.4 is 0 Å². The lowest BCUT2D eigenvalue weighted by molar-refractivity contribution is 1.34. The molecule has 0 atom stereocenters. The minimum Gasteiger partial charge on any atom is -0.264 e. The van der Waals surface area contributed by atoms with E-state index in [0.29, 0.717) is 0 Å². The maximum atomic E-state index is 4.38. The molecule has 2 heterocycles. The summed E-state index contributed by atoms with van der Waals surface area (Å²) in [6, 6.07) is 18.5. The van der Waals surface area contributed by atoms with Gasteiger partial charge in [-0.3, -0.25) is 9.97 Å². The van der Waals surface area contributed by atoms with E-state index in [-0.39, 0.29) is 0 Å². The number of benzene rings is 2. The van der Waals surface area contributed by atoms with Crippen LogP contribution in [-0.2, 0) is 0 Å². The van der Waals surface area contributed by atoms with Crippen molar-refractivity contribution in [2.75, 3.05) is 0 Å². The highest BCUT2D eigenvalue weighted by molar-refractivity contribution is 6.04. The standard InChI is InChI=1S/C12H8N2.C8H10/c1-2-9-3-4-10-8-13-7-5-11(10)12(9)14-6-1;1-7-5-3-4-6-8(7)2/h1-8H;3-6H,1-2H3. The maximum absolute atomic E-state index is 4.38. The first-order valence-corrected chi connectivity index (χ1v) is 7.35. The lowest BCUT2D eigenvalue weighted by Gasteiger charge is -2.00. The molecule has 108 valence electrons. The fourth-order valence-corrected chi connectivity index (χ4v) is 2.37. The zero-order chi connectivity index (χ0) is 15.4. The highest BCUT2D eigenvalue weighted by Gasteiger charge is 1.99. The van der Waals surface area contributed by atoms with Crippen LogP contribution in [0.25, 0.3) is 21.7 Å². The molecule has 0 spiro atoms. The van der Waals surface area contributed by atoms with Crippen LogP contribution in [0.1, 0.15) is 11.1 Å². The predicted octanol–water partition coefficient (Wildman–Crippen LogP) is 5.09. The first-order valence-electron chi connectivity index (χ1n) is 7.35. The summed E-state index contributed by atoms with van der Waals surface area (Å²) in [6.45, 7) is 4.24. The summed E-state index contributed by atoms with van der Waals surface area (Å²) in [5.74, 6) is 0. The van der Waals surface area contributed by atoms with Crippen LogP contribution in [0, 0.1) is 13.8 Å². The number of hydrogen-bond donors (Lipinski definition) is 0. The number of aryl methyl sites for hydroxylation is 2. The summed E-state index contributed by atoms with van der Waals surface area (Å²) in [5.41, 5.74) is 3.78. The van der Waals surface area contributed by atoms with Gasteiger partial charge in [-0.25, -0.2) is 0 Å². The van der Waals surface area contributed by atoms with Crippen molar-refractivity contribution in [3.05, 3.63) is 84.3 Å². The maximum Gasteiger partial charge on any atom is 0.0781 e. The molecule has 0 aliphatic carbocycles.